The third-order valence-electron chi connectivity index (χ3n) is 2.84. The fraction of sp³-hybridized carbons (Fsp3) is 0.462. The van der Waals surface area contributed by atoms with Crippen LogP contribution in [0.1, 0.15) is 30.6 Å². The molecule has 0 spiro atoms. The quantitative estimate of drug-likeness (QED) is 0.488. The van der Waals surface area contributed by atoms with Gasteiger partial charge in [0, 0.05) is 11.6 Å². The molecule has 5 N–H and O–H groups in total. The number of carbonyl (C=O) groups is 1. The Hall–Kier alpha value is -1.25. The third kappa shape index (κ3) is 5.22. The Balaban J connectivity index is 2.85. The van der Waals surface area contributed by atoms with Crippen LogP contribution >= 0.6 is 11.8 Å². The Morgan fingerprint density at radius 3 is 2.62 bits per heavy atom. The summed E-state index contributed by atoms with van der Waals surface area (Å²) < 4.78 is 27.1. The Morgan fingerprint density at radius 1 is 1.43 bits per heavy atom. The van der Waals surface area contributed by atoms with Gasteiger partial charge >= 0.3 is 0 Å². The zero-order valence-corrected chi connectivity index (χ0v) is 13.8. The number of sulfonamides is 1. The number of amides is 1. The van der Waals surface area contributed by atoms with E-state index in [-0.39, 0.29) is 22.2 Å². The lowest BCUT2D eigenvalue weighted by molar-refractivity contribution is 0.1000. The molecule has 1 unspecified atom stereocenters. The van der Waals surface area contributed by atoms with Gasteiger partial charge < -0.3 is 11.5 Å². The molecule has 8 heteroatoms. The normalized spacial score (nSPS) is 13.0. The van der Waals surface area contributed by atoms with E-state index in [9.17, 15) is 13.2 Å². The molecule has 21 heavy (non-hydrogen) atoms. The van der Waals surface area contributed by atoms with E-state index in [1.807, 2.05) is 6.92 Å². The van der Waals surface area contributed by atoms with Crippen LogP contribution in [0.5, 0.6) is 0 Å². The van der Waals surface area contributed by atoms with Gasteiger partial charge in [0.1, 0.15) is 4.90 Å². The topological polar surface area (TPSA) is 115 Å². The summed E-state index contributed by atoms with van der Waals surface area (Å²) in [5.41, 5.74) is 11.0. The van der Waals surface area contributed by atoms with Crippen LogP contribution in [0.25, 0.3) is 0 Å². The fourth-order valence-electron chi connectivity index (χ4n) is 1.74. The Morgan fingerprint density at radius 2 is 2.10 bits per heavy atom. The van der Waals surface area contributed by atoms with Crippen molar-refractivity contribution >= 4 is 33.4 Å². The molecule has 1 aromatic carbocycles. The van der Waals surface area contributed by atoms with Crippen LogP contribution in [0.2, 0.25) is 0 Å². The van der Waals surface area contributed by atoms with E-state index in [0.717, 1.165) is 17.9 Å². The highest BCUT2D eigenvalue weighted by Crippen LogP contribution is 2.20. The van der Waals surface area contributed by atoms with Crippen LogP contribution < -0.4 is 16.2 Å². The summed E-state index contributed by atoms with van der Waals surface area (Å²) in [5.74, 6) is 1.24. The van der Waals surface area contributed by atoms with Gasteiger partial charge in [-0.2, -0.15) is 11.8 Å². The van der Waals surface area contributed by atoms with Gasteiger partial charge in [-0.3, -0.25) is 4.79 Å². The molecule has 0 aliphatic carbocycles. The van der Waals surface area contributed by atoms with Crippen molar-refractivity contribution in [2.24, 2.45) is 5.73 Å². The molecule has 0 aliphatic rings. The number of hydrogen-bond donors (Lipinski definition) is 3. The van der Waals surface area contributed by atoms with Crippen molar-refractivity contribution in [3.05, 3.63) is 23.8 Å². The molecule has 0 heterocycles. The van der Waals surface area contributed by atoms with Gasteiger partial charge in [-0.25, -0.2) is 13.1 Å². The number of nitrogens with two attached hydrogens (primary N) is 2. The average Bonchev–Trinajstić information content (AvgIpc) is 2.37. The zero-order valence-electron chi connectivity index (χ0n) is 12.1. The molecule has 0 saturated carbocycles. The molecule has 6 nitrogen and oxygen atoms in total. The molecular formula is C13H21N3O3S2. The van der Waals surface area contributed by atoms with Crippen LogP contribution in [-0.4, -0.2) is 31.9 Å². The van der Waals surface area contributed by atoms with Crippen LogP contribution in [0.15, 0.2) is 23.1 Å². The van der Waals surface area contributed by atoms with E-state index in [4.69, 9.17) is 11.5 Å². The van der Waals surface area contributed by atoms with Gasteiger partial charge in [-0.05, 0) is 43.0 Å². The van der Waals surface area contributed by atoms with Gasteiger partial charge in [-0.15, -0.1) is 0 Å². The highest BCUT2D eigenvalue weighted by molar-refractivity contribution is 7.99. The lowest BCUT2D eigenvalue weighted by Crippen LogP contribution is -2.33. The monoisotopic (exact) mass is 331 g/mol. The van der Waals surface area contributed by atoms with E-state index in [2.05, 4.69) is 11.6 Å². The molecule has 1 atom stereocenters. The molecule has 118 valence electrons. The van der Waals surface area contributed by atoms with Crippen molar-refractivity contribution < 1.29 is 13.2 Å². The number of carbonyl (C=O) groups excluding carboxylic acids is 1. The maximum Gasteiger partial charge on any atom is 0.248 e. The number of nitrogens with one attached hydrogen (secondary N) is 1. The highest BCUT2D eigenvalue weighted by Gasteiger charge is 2.20. The zero-order chi connectivity index (χ0) is 16.0. The first kappa shape index (κ1) is 17.8. The van der Waals surface area contributed by atoms with Crippen molar-refractivity contribution in [2.45, 2.75) is 31.2 Å². The van der Waals surface area contributed by atoms with E-state index < -0.39 is 15.9 Å². The summed E-state index contributed by atoms with van der Waals surface area (Å²) in [6, 6.07) is 3.73. The van der Waals surface area contributed by atoms with E-state index in [1.165, 1.54) is 18.2 Å². The maximum atomic E-state index is 12.3. The number of anilines is 1. The number of thioether (sulfide) groups is 1. The summed E-state index contributed by atoms with van der Waals surface area (Å²) in [6.07, 6.45) is 0.733. The second kappa shape index (κ2) is 7.67. The van der Waals surface area contributed by atoms with Crippen molar-refractivity contribution in [3.63, 3.8) is 0 Å². The van der Waals surface area contributed by atoms with Gasteiger partial charge in [0.25, 0.3) is 0 Å². The second-order valence-corrected chi connectivity index (χ2v) is 7.70. The highest BCUT2D eigenvalue weighted by atomic mass is 32.2. The van der Waals surface area contributed by atoms with Gasteiger partial charge in [-0.1, -0.05) is 6.92 Å². The minimum Gasteiger partial charge on any atom is -0.398 e. The lowest BCUT2D eigenvalue weighted by atomic mass is 10.2. The van der Waals surface area contributed by atoms with E-state index in [0.29, 0.717) is 0 Å². The molecule has 1 rings (SSSR count). The van der Waals surface area contributed by atoms with E-state index >= 15 is 0 Å². The average molecular weight is 331 g/mol. The predicted octanol–water partition coefficient (Wildman–Crippen LogP) is 1.18. The van der Waals surface area contributed by atoms with Crippen LogP contribution in [-0.2, 0) is 10.0 Å². The third-order valence-corrected chi connectivity index (χ3v) is 5.44. The van der Waals surface area contributed by atoms with Crippen LogP contribution in [0.3, 0.4) is 0 Å². The van der Waals surface area contributed by atoms with Crippen LogP contribution in [0, 0.1) is 0 Å². The summed E-state index contributed by atoms with van der Waals surface area (Å²) in [6.45, 7) is 3.86. The number of nitrogen functional groups attached to an aromatic ring is 1. The van der Waals surface area contributed by atoms with Crippen molar-refractivity contribution in [1.29, 1.82) is 0 Å². The minimum atomic E-state index is -3.71. The molecule has 0 saturated heterocycles. The Labute approximate surface area is 129 Å². The predicted molar refractivity (Wildman–Crippen MR) is 86.8 cm³/mol. The van der Waals surface area contributed by atoms with E-state index in [1.54, 1.807) is 11.8 Å². The minimum absolute atomic E-state index is 0.00827. The SMILES string of the molecule is CCSCCC(C)NS(=O)(=O)c1ccc(C(N)=O)cc1N. The van der Waals surface area contributed by atoms with Gasteiger partial charge in [0.2, 0.25) is 15.9 Å². The number of hydrogen-bond acceptors (Lipinski definition) is 5. The van der Waals surface area contributed by atoms with Gasteiger partial charge in [0.05, 0.1) is 5.69 Å². The smallest absolute Gasteiger partial charge is 0.248 e. The second-order valence-electron chi connectivity index (χ2n) is 4.62. The van der Waals surface area contributed by atoms with Gasteiger partial charge in [0.15, 0.2) is 0 Å². The molecule has 0 fully saturated rings. The molecule has 0 aliphatic heterocycles. The van der Waals surface area contributed by atoms with Crippen LogP contribution in [0.4, 0.5) is 5.69 Å². The first-order chi connectivity index (χ1) is 9.77. The summed E-state index contributed by atoms with van der Waals surface area (Å²) >= 11 is 1.76. The number of rotatable bonds is 8. The fourth-order valence-corrected chi connectivity index (χ4v) is 3.94. The van der Waals surface area contributed by atoms with Crippen molar-refractivity contribution in [3.8, 4) is 0 Å². The van der Waals surface area contributed by atoms with Crippen molar-refractivity contribution in [1.82, 2.24) is 4.72 Å². The molecule has 0 bridgehead atoms. The number of benzene rings is 1. The summed E-state index contributed by atoms with van der Waals surface area (Å²) in [4.78, 5) is 11.0. The Kier molecular flexibility index (Phi) is 6.50. The molecular weight excluding hydrogens is 310 g/mol. The molecule has 0 aromatic heterocycles. The van der Waals surface area contributed by atoms with Crippen molar-refractivity contribution in [2.75, 3.05) is 17.2 Å². The summed E-state index contributed by atoms with van der Waals surface area (Å²) in [7, 11) is -3.71. The first-order valence-corrected chi connectivity index (χ1v) is 9.21. The molecule has 1 amide bonds. The lowest BCUT2D eigenvalue weighted by Gasteiger charge is -2.15. The standard InChI is InChI=1S/C13H21N3O3S2/c1-3-20-7-6-9(2)16-21(18,19)12-5-4-10(13(15)17)8-11(12)14/h4-5,8-9,16H,3,6-7,14H2,1-2H3,(H2,15,17). The maximum absolute atomic E-state index is 12.3. The Bertz CT molecular complexity index is 603. The number of primary amides is 1. The first-order valence-electron chi connectivity index (χ1n) is 6.57. The summed E-state index contributed by atoms with van der Waals surface area (Å²) in [5, 5.41) is 0. The largest absolute Gasteiger partial charge is 0.398 e. The molecule has 0 radical (unpaired) electrons. The molecule has 1 aromatic rings.